The number of aliphatic hydroxyl groups excluding tert-OH is 3. The van der Waals surface area contributed by atoms with Gasteiger partial charge in [-0.2, -0.15) is 4.98 Å². The number of rotatable bonds is 2. The molecule has 106 valence electrons. The van der Waals surface area contributed by atoms with Crippen LogP contribution >= 0.6 is 0 Å². The lowest BCUT2D eigenvalue weighted by Gasteiger charge is -2.41. The number of anilines is 1. The minimum atomic E-state index is -1.33. The van der Waals surface area contributed by atoms with Gasteiger partial charge in [0.05, 0.1) is 12.6 Å². The Bertz CT molecular complexity index is 505. The summed E-state index contributed by atoms with van der Waals surface area (Å²) in [4.78, 5) is 15.2. The van der Waals surface area contributed by atoms with Crippen LogP contribution in [0.25, 0.3) is 0 Å². The largest absolute Gasteiger partial charge is 0.394 e. The number of hydrogen-bond acceptors (Lipinski definition) is 8. The third-order valence-electron chi connectivity index (χ3n) is 3.07. The van der Waals surface area contributed by atoms with Gasteiger partial charge in [0.15, 0.2) is 6.23 Å². The smallest absolute Gasteiger partial charge is 0.351 e. The summed E-state index contributed by atoms with van der Waals surface area (Å²) in [6, 6.07) is 0.337. The summed E-state index contributed by atoms with van der Waals surface area (Å²) in [6.07, 6.45) is -3.41. The Balaban J connectivity index is 2.35. The zero-order chi connectivity index (χ0) is 14.2. The van der Waals surface area contributed by atoms with Crippen LogP contribution in [-0.4, -0.2) is 55.8 Å². The van der Waals surface area contributed by atoms with E-state index in [0.29, 0.717) is 0 Å². The molecular formula is C10H16N4O5. The number of aromatic nitrogens is 2. The molecule has 0 aliphatic carbocycles. The Morgan fingerprint density at radius 3 is 2.68 bits per heavy atom. The summed E-state index contributed by atoms with van der Waals surface area (Å²) in [5, 5.41) is 28.5. The van der Waals surface area contributed by atoms with Crippen molar-refractivity contribution in [1.82, 2.24) is 9.55 Å². The molecule has 19 heavy (non-hydrogen) atoms. The molecule has 5 atom stereocenters. The first kappa shape index (κ1) is 13.9. The summed E-state index contributed by atoms with van der Waals surface area (Å²) in [5.74, 6) is 0.0462. The number of nitrogens with two attached hydrogens (primary N) is 2. The molecule has 1 aliphatic heterocycles. The lowest BCUT2D eigenvalue weighted by molar-refractivity contribution is -0.211. The van der Waals surface area contributed by atoms with E-state index in [1.165, 1.54) is 12.3 Å². The normalized spacial score (nSPS) is 35.3. The van der Waals surface area contributed by atoms with Crippen molar-refractivity contribution in [3.05, 3.63) is 22.7 Å². The fraction of sp³-hybridized carbons (Fsp3) is 0.600. The quantitative estimate of drug-likeness (QED) is 0.376. The Labute approximate surface area is 108 Å². The van der Waals surface area contributed by atoms with Crippen LogP contribution in [0.4, 0.5) is 5.82 Å². The van der Waals surface area contributed by atoms with Crippen LogP contribution in [-0.2, 0) is 4.74 Å². The second-order valence-corrected chi connectivity index (χ2v) is 4.35. The highest BCUT2D eigenvalue weighted by Crippen LogP contribution is 2.25. The van der Waals surface area contributed by atoms with Crippen LogP contribution in [0.2, 0.25) is 0 Å². The third kappa shape index (κ3) is 2.46. The van der Waals surface area contributed by atoms with Crippen LogP contribution in [0, 0.1) is 0 Å². The van der Waals surface area contributed by atoms with Gasteiger partial charge in [0.2, 0.25) is 0 Å². The van der Waals surface area contributed by atoms with E-state index in [9.17, 15) is 15.0 Å². The fourth-order valence-electron chi connectivity index (χ4n) is 1.99. The van der Waals surface area contributed by atoms with Gasteiger partial charge in [0, 0.05) is 6.20 Å². The summed E-state index contributed by atoms with van der Waals surface area (Å²) in [7, 11) is 0. The van der Waals surface area contributed by atoms with Crippen molar-refractivity contribution in [2.45, 2.75) is 30.6 Å². The van der Waals surface area contributed by atoms with E-state index >= 15 is 0 Å². The number of ether oxygens (including phenoxy) is 1. The molecule has 0 aromatic carbocycles. The molecule has 0 radical (unpaired) electrons. The molecule has 0 spiro atoms. The molecule has 2 rings (SSSR count). The van der Waals surface area contributed by atoms with E-state index in [-0.39, 0.29) is 5.82 Å². The van der Waals surface area contributed by atoms with E-state index in [2.05, 4.69) is 4.98 Å². The van der Waals surface area contributed by atoms with E-state index in [1.54, 1.807) is 0 Å². The average molecular weight is 272 g/mol. The molecule has 1 aliphatic rings. The van der Waals surface area contributed by atoms with Gasteiger partial charge in [0.1, 0.15) is 24.1 Å². The van der Waals surface area contributed by atoms with Gasteiger partial charge in [-0.15, -0.1) is 0 Å². The third-order valence-corrected chi connectivity index (χ3v) is 3.07. The number of aliphatic hydroxyl groups is 3. The van der Waals surface area contributed by atoms with Crippen molar-refractivity contribution >= 4 is 5.82 Å². The zero-order valence-electron chi connectivity index (χ0n) is 9.96. The molecule has 7 N–H and O–H groups in total. The molecule has 0 bridgehead atoms. The molecule has 9 nitrogen and oxygen atoms in total. The van der Waals surface area contributed by atoms with Crippen LogP contribution in [0.5, 0.6) is 0 Å². The maximum atomic E-state index is 11.7. The number of hydrogen-bond donors (Lipinski definition) is 5. The summed E-state index contributed by atoms with van der Waals surface area (Å²) < 4.78 is 6.39. The Morgan fingerprint density at radius 1 is 1.42 bits per heavy atom. The average Bonchev–Trinajstić information content (AvgIpc) is 2.38. The molecule has 5 unspecified atom stereocenters. The summed E-state index contributed by atoms with van der Waals surface area (Å²) in [6.45, 7) is -0.515. The first-order chi connectivity index (χ1) is 8.95. The SMILES string of the molecule is Nc1ccn(C2OC(CO)C(O)C(O)C2N)c(=O)n1. The number of nitrogens with zero attached hydrogens (tertiary/aromatic N) is 2. The monoisotopic (exact) mass is 272 g/mol. The fourth-order valence-corrected chi connectivity index (χ4v) is 1.99. The highest BCUT2D eigenvalue weighted by atomic mass is 16.5. The van der Waals surface area contributed by atoms with E-state index in [1.807, 2.05) is 0 Å². The van der Waals surface area contributed by atoms with Gasteiger partial charge < -0.3 is 31.5 Å². The lowest BCUT2D eigenvalue weighted by atomic mass is 9.97. The van der Waals surface area contributed by atoms with Crippen molar-refractivity contribution in [2.75, 3.05) is 12.3 Å². The minimum Gasteiger partial charge on any atom is -0.394 e. The van der Waals surface area contributed by atoms with Crippen LogP contribution in [0.3, 0.4) is 0 Å². The van der Waals surface area contributed by atoms with Gasteiger partial charge >= 0.3 is 5.69 Å². The van der Waals surface area contributed by atoms with Gasteiger partial charge in [-0.25, -0.2) is 4.79 Å². The van der Waals surface area contributed by atoms with Crippen LogP contribution < -0.4 is 17.2 Å². The van der Waals surface area contributed by atoms with Gasteiger partial charge in [-0.05, 0) is 6.07 Å². The van der Waals surface area contributed by atoms with Crippen molar-refractivity contribution in [3.8, 4) is 0 Å². The molecule has 0 amide bonds. The second-order valence-electron chi connectivity index (χ2n) is 4.35. The maximum Gasteiger partial charge on any atom is 0.351 e. The summed E-state index contributed by atoms with van der Waals surface area (Å²) >= 11 is 0. The maximum absolute atomic E-state index is 11.7. The first-order valence-electron chi connectivity index (χ1n) is 5.68. The first-order valence-corrected chi connectivity index (χ1v) is 5.68. The predicted octanol–water partition coefficient (Wildman–Crippen LogP) is -3.24. The van der Waals surface area contributed by atoms with Crippen LogP contribution in [0.1, 0.15) is 6.23 Å². The molecule has 1 aromatic rings. The van der Waals surface area contributed by atoms with E-state index < -0.39 is 42.9 Å². The van der Waals surface area contributed by atoms with Gasteiger partial charge in [-0.3, -0.25) is 4.57 Å². The molecule has 1 aromatic heterocycles. The molecule has 1 saturated heterocycles. The minimum absolute atomic E-state index is 0.0462. The Kier molecular flexibility index (Phi) is 3.83. The van der Waals surface area contributed by atoms with E-state index in [4.69, 9.17) is 21.3 Å². The lowest BCUT2D eigenvalue weighted by Crippen LogP contribution is -2.60. The highest BCUT2D eigenvalue weighted by molar-refractivity contribution is 5.23. The van der Waals surface area contributed by atoms with Crippen molar-refractivity contribution in [2.24, 2.45) is 5.73 Å². The molecule has 1 fully saturated rings. The van der Waals surface area contributed by atoms with Crippen molar-refractivity contribution in [3.63, 3.8) is 0 Å². The predicted molar refractivity (Wildman–Crippen MR) is 63.9 cm³/mol. The molecule has 2 heterocycles. The van der Waals surface area contributed by atoms with Crippen molar-refractivity contribution < 1.29 is 20.1 Å². The van der Waals surface area contributed by atoms with Gasteiger partial charge in [-0.1, -0.05) is 0 Å². The number of nitrogen functional groups attached to an aromatic ring is 1. The molecule has 0 saturated carbocycles. The molecule has 9 heteroatoms. The van der Waals surface area contributed by atoms with Crippen LogP contribution in [0.15, 0.2) is 17.1 Å². The van der Waals surface area contributed by atoms with Crippen molar-refractivity contribution in [1.29, 1.82) is 0 Å². The Hall–Kier alpha value is -1.52. The second kappa shape index (κ2) is 5.23. The standard InChI is InChI=1S/C10H16N4O5/c11-5-1-2-14(10(18)13-5)9-6(12)8(17)7(16)4(3-15)19-9/h1-2,4,6-9,15-17H,3,12H2,(H2,11,13,18). The van der Waals surface area contributed by atoms with Gasteiger partial charge in [0.25, 0.3) is 0 Å². The zero-order valence-corrected chi connectivity index (χ0v) is 9.96. The molecular weight excluding hydrogens is 256 g/mol. The topological polar surface area (TPSA) is 157 Å². The highest BCUT2D eigenvalue weighted by Gasteiger charge is 2.43. The Morgan fingerprint density at radius 2 is 2.11 bits per heavy atom. The van der Waals surface area contributed by atoms with E-state index in [0.717, 1.165) is 4.57 Å². The summed E-state index contributed by atoms with van der Waals surface area (Å²) in [5.41, 5.74) is 10.4.